The first-order valence-electron chi connectivity index (χ1n) is 7.48. The summed E-state index contributed by atoms with van der Waals surface area (Å²) in [6.45, 7) is 0.278. The monoisotopic (exact) mass is 322 g/mol. The lowest BCUT2D eigenvalue weighted by molar-refractivity contribution is -0.117. The van der Waals surface area contributed by atoms with Crippen LogP contribution >= 0.6 is 11.3 Å². The first-order valence-corrected chi connectivity index (χ1v) is 8.35. The van der Waals surface area contributed by atoms with Crippen LogP contribution in [0.15, 0.2) is 72.1 Å². The maximum atomic E-state index is 12.6. The van der Waals surface area contributed by atoms with E-state index in [1.54, 1.807) is 11.3 Å². The predicted molar refractivity (Wildman–Crippen MR) is 96.6 cm³/mol. The Bertz CT molecular complexity index is 769. The van der Waals surface area contributed by atoms with Gasteiger partial charge in [0.2, 0.25) is 5.91 Å². The van der Waals surface area contributed by atoms with Crippen LogP contribution in [0.25, 0.3) is 10.4 Å². The van der Waals surface area contributed by atoms with Gasteiger partial charge in [-0.15, -0.1) is 11.3 Å². The zero-order valence-corrected chi connectivity index (χ0v) is 13.4. The lowest BCUT2D eigenvalue weighted by Crippen LogP contribution is -2.27. The van der Waals surface area contributed by atoms with Gasteiger partial charge in [-0.2, -0.15) is 0 Å². The van der Waals surface area contributed by atoms with E-state index < -0.39 is 0 Å². The fourth-order valence-corrected chi connectivity index (χ4v) is 3.23. The predicted octanol–water partition coefficient (Wildman–Crippen LogP) is 4.10. The zero-order chi connectivity index (χ0) is 16.1. The number of benzene rings is 2. The van der Waals surface area contributed by atoms with Gasteiger partial charge in [0, 0.05) is 17.1 Å². The quantitative estimate of drug-likeness (QED) is 0.743. The Labute approximate surface area is 139 Å². The summed E-state index contributed by atoms with van der Waals surface area (Å²) in [4.78, 5) is 13.7. The molecule has 0 unspecified atom stereocenters. The minimum Gasteiger partial charge on any atom is -0.329 e. The maximum Gasteiger partial charge on any atom is 0.233 e. The molecule has 0 radical (unpaired) electrons. The van der Waals surface area contributed by atoms with Gasteiger partial charge in [0.05, 0.1) is 5.92 Å². The largest absolute Gasteiger partial charge is 0.329 e. The average Bonchev–Trinajstić information content (AvgIpc) is 3.11. The van der Waals surface area contributed by atoms with Gasteiger partial charge in [-0.05, 0) is 34.7 Å². The number of thiophene rings is 1. The first kappa shape index (κ1) is 15.5. The second-order valence-electron chi connectivity index (χ2n) is 5.25. The number of rotatable bonds is 5. The standard InChI is InChI=1S/C19H18N2OS/c20-13-17(14-6-2-1-3-7-14)19(22)21-16-9-4-8-15(12-16)18-10-5-11-23-18/h1-12,17H,13,20H2,(H,21,22)/t17-/m0/s1. The van der Waals surface area contributed by atoms with Crippen LogP contribution in [0.2, 0.25) is 0 Å². The van der Waals surface area contributed by atoms with Crippen molar-refractivity contribution >= 4 is 22.9 Å². The molecule has 23 heavy (non-hydrogen) atoms. The van der Waals surface area contributed by atoms with Crippen molar-refractivity contribution in [2.24, 2.45) is 5.73 Å². The van der Waals surface area contributed by atoms with Crippen LogP contribution in [0.1, 0.15) is 11.5 Å². The molecule has 0 saturated carbocycles. The Morgan fingerprint density at radius 2 is 1.87 bits per heavy atom. The van der Waals surface area contributed by atoms with E-state index >= 15 is 0 Å². The molecule has 2 aromatic carbocycles. The average molecular weight is 322 g/mol. The molecule has 1 aromatic heterocycles. The van der Waals surface area contributed by atoms with Crippen LogP contribution in [0, 0.1) is 0 Å². The van der Waals surface area contributed by atoms with E-state index in [1.807, 2.05) is 66.0 Å². The van der Waals surface area contributed by atoms with Crippen molar-refractivity contribution in [3.63, 3.8) is 0 Å². The Morgan fingerprint density at radius 1 is 1.04 bits per heavy atom. The summed E-state index contributed by atoms with van der Waals surface area (Å²) < 4.78 is 0. The van der Waals surface area contributed by atoms with E-state index in [0.29, 0.717) is 0 Å². The normalized spacial score (nSPS) is 11.9. The van der Waals surface area contributed by atoms with Crippen LogP contribution in [0.5, 0.6) is 0 Å². The van der Waals surface area contributed by atoms with Crippen LogP contribution in [-0.2, 0) is 4.79 Å². The van der Waals surface area contributed by atoms with Gasteiger partial charge in [-0.1, -0.05) is 48.5 Å². The third kappa shape index (κ3) is 3.67. The number of anilines is 1. The van der Waals surface area contributed by atoms with Gasteiger partial charge in [0.15, 0.2) is 0 Å². The van der Waals surface area contributed by atoms with Crippen LogP contribution < -0.4 is 11.1 Å². The summed E-state index contributed by atoms with van der Waals surface area (Å²) in [5.41, 5.74) is 8.63. The van der Waals surface area contributed by atoms with E-state index in [-0.39, 0.29) is 18.4 Å². The molecule has 0 fully saturated rings. The van der Waals surface area contributed by atoms with Gasteiger partial charge >= 0.3 is 0 Å². The molecule has 4 heteroatoms. The molecule has 3 rings (SSSR count). The third-order valence-corrected chi connectivity index (χ3v) is 4.61. The molecule has 0 bridgehead atoms. The number of carbonyl (C=O) groups is 1. The lowest BCUT2D eigenvalue weighted by Gasteiger charge is -2.15. The van der Waals surface area contributed by atoms with Crippen molar-refractivity contribution in [1.82, 2.24) is 0 Å². The smallest absolute Gasteiger partial charge is 0.233 e. The van der Waals surface area contributed by atoms with Crippen LogP contribution in [0.3, 0.4) is 0 Å². The molecule has 1 amide bonds. The van der Waals surface area contributed by atoms with Crippen molar-refractivity contribution in [2.45, 2.75) is 5.92 Å². The van der Waals surface area contributed by atoms with Crippen molar-refractivity contribution in [3.8, 4) is 10.4 Å². The number of hydrogen-bond donors (Lipinski definition) is 2. The highest BCUT2D eigenvalue weighted by molar-refractivity contribution is 7.13. The molecule has 0 saturated heterocycles. The van der Waals surface area contributed by atoms with Crippen molar-refractivity contribution in [2.75, 3.05) is 11.9 Å². The van der Waals surface area contributed by atoms with Gasteiger partial charge in [0.1, 0.15) is 0 Å². The second kappa shape index (κ2) is 7.22. The highest BCUT2D eigenvalue weighted by atomic mass is 32.1. The molecule has 116 valence electrons. The number of amides is 1. The summed E-state index contributed by atoms with van der Waals surface area (Å²) in [6.07, 6.45) is 0. The topological polar surface area (TPSA) is 55.1 Å². The molecular formula is C19H18N2OS. The molecular weight excluding hydrogens is 304 g/mol. The Hall–Kier alpha value is -2.43. The van der Waals surface area contributed by atoms with E-state index in [0.717, 1.165) is 16.8 Å². The molecule has 3 aromatic rings. The number of nitrogens with one attached hydrogen (secondary N) is 1. The van der Waals surface area contributed by atoms with Gasteiger partial charge < -0.3 is 11.1 Å². The van der Waals surface area contributed by atoms with Crippen LogP contribution in [0.4, 0.5) is 5.69 Å². The molecule has 3 nitrogen and oxygen atoms in total. The Kier molecular flexibility index (Phi) is 4.86. The fraction of sp³-hybridized carbons (Fsp3) is 0.105. The highest BCUT2D eigenvalue weighted by Crippen LogP contribution is 2.27. The second-order valence-corrected chi connectivity index (χ2v) is 6.19. The zero-order valence-electron chi connectivity index (χ0n) is 12.6. The van der Waals surface area contributed by atoms with Gasteiger partial charge in [0.25, 0.3) is 0 Å². The van der Waals surface area contributed by atoms with Gasteiger partial charge in [-0.25, -0.2) is 0 Å². The molecule has 0 spiro atoms. The maximum absolute atomic E-state index is 12.6. The van der Waals surface area contributed by atoms with Gasteiger partial charge in [-0.3, -0.25) is 4.79 Å². The molecule has 0 aliphatic rings. The number of hydrogen-bond acceptors (Lipinski definition) is 3. The third-order valence-electron chi connectivity index (χ3n) is 3.69. The van der Waals surface area contributed by atoms with Crippen LogP contribution in [-0.4, -0.2) is 12.5 Å². The minimum absolute atomic E-state index is 0.0815. The number of carbonyl (C=O) groups excluding carboxylic acids is 1. The number of nitrogens with two attached hydrogens (primary N) is 1. The fourth-order valence-electron chi connectivity index (χ4n) is 2.50. The first-order chi connectivity index (χ1) is 11.3. The summed E-state index contributed by atoms with van der Waals surface area (Å²) in [5.74, 6) is -0.427. The Morgan fingerprint density at radius 3 is 2.57 bits per heavy atom. The van der Waals surface area contributed by atoms with Crippen molar-refractivity contribution in [3.05, 3.63) is 77.7 Å². The lowest BCUT2D eigenvalue weighted by atomic mass is 9.98. The summed E-state index contributed by atoms with van der Waals surface area (Å²) in [7, 11) is 0. The van der Waals surface area contributed by atoms with E-state index in [4.69, 9.17) is 5.73 Å². The molecule has 0 aliphatic heterocycles. The summed E-state index contributed by atoms with van der Waals surface area (Å²) in [6, 6.07) is 21.6. The van der Waals surface area contributed by atoms with E-state index in [2.05, 4.69) is 11.4 Å². The molecule has 3 N–H and O–H groups in total. The molecule has 1 heterocycles. The van der Waals surface area contributed by atoms with Crippen molar-refractivity contribution in [1.29, 1.82) is 0 Å². The van der Waals surface area contributed by atoms with E-state index in [1.165, 1.54) is 4.88 Å². The molecule has 1 atom stereocenters. The molecule has 0 aliphatic carbocycles. The Balaban J connectivity index is 1.78. The minimum atomic E-state index is -0.346. The van der Waals surface area contributed by atoms with Crippen molar-refractivity contribution < 1.29 is 4.79 Å². The SMILES string of the molecule is NC[C@H](C(=O)Nc1cccc(-c2cccs2)c1)c1ccccc1. The summed E-state index contributed by atoms with van der Waals surface area (Å²) >= 11 is 1.68. The summed E-state index contributed by atoms with van der Waals surface area (Å²) in [5, 5.41) is 5.02. The van der Waals surface area contributed by atoms with E-state index in [9.17, 15) is 4.79 Å². The highest BCUT2D eigenvalue weighted by Gasteiger charge is 2.18.